The van der Waals surface area contributed by atoms with Gasteiger partial charge in [-0.2, -0.15) is 13.2 Å². The molecule has 1 aliphatic rings. The summed E-state index contributed by atoms with van der Waals surface area (Å²) in [6.07, 6.45) is -0.755. The topological polar surface area (TPSA) is 59.0 Å². The molecule has 0 bridgehead atoms. The maximum atomic E-state index is 13.4. The van der Waals surface area contributed by atoms with Crippen LogP contribution < -0.4 is 15.9 Å². The molecule has 34 heavy (non-hydrogen) atoms. The van der Waals surface area contributed by atoms with Gasteiger partial charge in [0.25, 0.3) is 0 Å². The first-order valence-corrected chi connectivity index (χ1v) is 11.3. The molecular formula is C23H31F4N7. The van der Waals surface area contributed by atoms with Crippen molar-refractivity contribution in [3.8, 4) is 0 Å². The largest absolute Gasteiger partial charge is 0.416 e. The molecule has 7 nitrogen and oxygen atoms in total. The van der Waals surface area contributed by atoms with Crippen LogP contribution in [0.1, 0.15) is 48.9 Å². The molecule has 0 saturated heterocycles. The number of guanidine groups is 1. The number of nitrogens with one attached hydrogen (secondary N) is 2. The average Bonchev–Trinajstić information content (AvgIpc) is 3.25. The van der Waals surface area contributed by atoms with Crippen LogP contribution in [0.15, 0.2) is 41.6 Å². The molecule has 2 heterocycles. The van der Waals surface area contributed by atoms with E-state index in [9.17, 15) is 17.6 Å². The zero-order valence-electron chi connectivity index (χ0n) is 19.7. The van der Waals surface area contributed by atoms with Gasteiger partial charge in [0.2, 0.25) is 5.96 Å². The van der Waals surface area contributed by atoms with Crippen molar-refractivity contribution >= 4 is 11.8 Å². The number of rotatable bonds is 10. The third-order valence-corrected chi connectivity index (χ3v) is 5.47. The van der Waals surface area contributed by atoms with E-state index in [-0.39, 0.29) is 12.1 Å². The monoisotopic (exact) mass is 481 g/mol. The molecule has 0 amide bonds. The van der Waals surface area contributed by atoms with E-state index < -0.39 is 18.4 Å². The van der Waals surface area contributed by atoms with Gasteiger partial charge in [-0.3, -0.25) is 5.43 Å². The standard InChI is InChI=1S/C23H31F4N7/c1-4-6-10-33(5-2)21-19(8-7-9-28-21)16-34(22-29-31-32(3)30-22)15-18-11-17(14-24)12-20(13-18)23(25,26)27/h7-9,11-13,31H,4-6,10,14-16H2,1-3H3,(H,29,30). The van der Waals surface area contributed by atoms with Crippen LogP contribution >= 0.6 is 0 Å². The van der Waals surface area contributed by atoms with Crippen LogP contribution in [0.5, 0.6) is 0 Å². The molecule has 0 aliphatic carbocycles. The highest BCUT2D eigenvalue weighted by atomic mass is 19.4. The molecule has 186 valence electrons. The summed E-state index contributed by atoms with van der Waals surface area (Å²) in [6.45, 7) is 5.28. The Morgan fingerprint density at radius 1 is 1.06 bits per heavy atom. The lowest BCUT2D eigenvalue weighted by Crippen LogP contribution is -2.44. The minimum atomic E-state index is -4.56. The van der Waals surface area contributed by atoms with E-state index in [0.717, 1.165) is 49.4 Å². The van der Waals surface area contributed by atoms with Gasteiger partial charge in [0, 0.05) is 45.0 Å². The lowest BCUT2D eigenvalue weighted by Gasteiger charge is -2.29. The molecule has 0 unspecified atom stereocenters. The van der Waals surface area contributed by atoms with Gasteiger partial charge >= 0.3 is 6.18 Å². The predicted octanol–water partition coefficient (Wildman–Crippen LogP) is 4.42. The fraction of sp³-hybridized carbons (Fsp3) is 0.478. The smallest absolute Gasteiger partial charge is 0.357 e. The van der Waals surface area contributed by atoms with Crippen molar-refractivity contribution in [3.05, 3.63) is 58.8 Å². The Labute approximate surface area is 197 Å². The lowest BCUT2D eigenvalue weighted by atomic mass is 10.0. The first-order chi connectivity index (χ1) is 16.2. The van der Waals surface area contributed by atoms with Crippen LogP contribution in [0, 0.1) is 0 Å². The molecule has 11 heteroatoms. The number of nitrogens with zero attached hydrogens (tertiary/aromatic N) is 5. The first-order valence-electron chi connectivity index (χ1n) is 11.3. The van der Waals surface area contributed by atoms with Gasteiger partial charge in [0.05, 0.1) is 5.56 Å². The fourth-order valence-corrected chi connectivity index (χ4v) is 3.79. The van der Waals surface area contributed by atoms with Crippen LogP contribution in [0.2, 0.25) is 0 Å². The molecule has 0 spiro atoms. The number of pyridine rings is 1. The van der Waals surface area contributed by atoms with Crippen molar-refractivity contribution in [2.75, 3.05) is 25.0 Å². The van der Waals surface area contributed by atoms with Crippen molar-refractivity contribution in [3.63, 3.8) is 0 Å². The van der Waals surface area contributed by atoms with Gasteiger partial charge in [-0.05, 0) is 42.7 Å². The van der Waals surface area contributed by atoms with E-state index in [1.54, 1.807) is 13.2 Å². The Morgan fingerprint density at radius 3 is 2.44 bits per heavy atom. The Morgan fingerprint density at radius 2 is 1.82 bits per heavy atom. The minimum absolute atomic E-state index is 0.0138. The van der Waals surface area contributed by atoms with Crippen LogP contribution in [-0.2, 0) is 25.9 Å². The summed E-state index contributed by atoms with van der Waals surface area (Å²) in [4.78, 5) is 8.59. The summed E-state index contributed by atoms with van der Waals surface area (Å²) in [5.74, 6) is 1.27. The molecule has 2 N–H and O–H groups in total. The summed E-state index contributed by atoms with van der Waals surface area (Å²) < 4.78 is 53.5. The fourth-order valence-electron chi connectivity index (χ4n) is 3.79. The highest BCUT2D eigenvalue weighted by Gasteiger charge is 2.31. The van der Waals surface area contributed by atoms with Gasteiger partial charge in [0.15, 0.2) is 0 Å². The minimum Gasteiger partial charge on any atom is -0.357 e. The molecule has 1 aromatic carbocycles. The highest BCUT2D eigenvalue weighted by molar-refractivity contribution is 5.80. The average molecular weight is 482 g/mol. The normalized spacial score (nSPS) is 13.9. The van der Waals surface area contributed by atoms with Gasteiger partial charge in [-0.1, -0.05) is 25.5 Å². The van der Waals surface area contributed by atoms with Crippen molar-refractivity contribution < 1.29 is 17.6 Å². The summed E-state index contributed by atoms with van der Waals surface area (Å²) >= 11 is 0. The molecule has 0 fully saturated rings. The van der Waals surface area contributed by atoms with E-state index >= 15 is 0 Å². The summed E-state index contributed by atoms with van der Waals surface area (Å²) in [5, 5.41) is 5.78. The molecule has 3 rings (SSSR count). The quantitative estimate of drug-likeness (QED) is 0.490. The van der Waals surface area contributed by atoms with E-state index in [1.165, 1.54) is 11.2 Å². The zero-order chi connectivity index (χ0) is 24.7. The number of halogens is 4. The number of aromatic nitrogens is 1. The zero-order valence-corrected chi connectivity index (χ0v) is 19.7. The predicted molar refractivity (Wildman–Crippen MR) is 124 cm³/mol. The molecule has 1 aromatic heterocycles. The molecule has 1 aliphatic heterocycles. The third-order valence-electron chi connectivity index (χ3n) is 5.47. The second-order valence-electron chi connectivity index (χ2n) is 8.15. The Bertz CT molecular complexity index is 980. The highest BCUT2D eigenvalue weighted by Crippen LogP contribution is 2.31. The van der Waals surface area contributed by atoms with Crippen LogP contribution in [0.25, 0.3) is 0 Å². The maximum absolute atomic E-state index is 13.4. The summed E-state index contributed by atoms with van der Waals surface area (Å²) in [5.41, 5.74) is 6.16. The number of hydrazine groups is 2. The van der Waals surface area contributed by atoms with Crippen LogP contribution in [-0.4, -0.2) is 41.1 Å². The SMILES string of the molecule is CCCCN(CC)c1ncccc1CN(Cc1cc(CF)cc(C(F)(F)F)c1)C1=NNN(C)N1. The number of benzene rings is 1. The third kappa shape index (κ3) is 6.49. The van der Waals surface area contributed by atoms with Gasteiger partial charge in [-0.15, -0.1) is 10.2 Å². The number of alkyl halides is 4. The molecule has 0 radical (unpaired) electrons. The number of hydrogen-bond acceptors (Lipinski definition) is 7. The Balaban J connectivity index is 1.94. The first kappa shape index (κ1) is 25.5. The van der Waals surface area contributed by atoms with Crippen LogP contribution in [0.3, 0.4) is 0 Å². The van der Waals surface area contributed by atoms with E-state index in [1.807, 2.05) is 17.0 Å². The maximum Gasteiger partial charge on any atom is 0.416 e. The molecular weight excluding hydrogens is 450 g/mol. The van der Waals surface area contributed by atoms with Crippen molar-refractivity contribution in [1.29, 1.82) is 0 Å². The second-order valence-corrected chi connectivity index (χ2v) is 8.15. The van der Waals surface area contributed by atoms with E-state index in [2.05, 4.69) is 39.8 Å². The van der Waals surface area contributed by atoms with Crippen molar-refractivity contribution in [2.45, 2.75) is 52.6 Å². The molecule has 0 atom stereocenters. The summed E-state index contributed by atoms with van der Waals surface area (Å²) in [6, 6.07) is 7.15. The number of hydrazone groups is 1. The summed E-state index contributed by atoms with van der Waals surface area (Å²) in [7, 11) is 1.72. The number of anilines is 1. The van der Waals surface area contributed by atoms with E-state index in [4.69, 9.17) is 0 Å². The molecule has 2 aromatic rings. The Kier molecular flexibility index (Phi) is 8.54. The van der Waals surface area contributed by atoms with Gasteiger partial charge in [0.1, 0.15) is 12.5 Å². The van der Waals surface area contributed by atoms with Gasteiger partial charge in [-0.25, -0.2) is 14.9 Å². The number of unbranched alkanes of at least 4 members (excludes halogenated alkanes) is 1. The molecule has 0 saturated carbocycles. The van der Waals surface area contributed by atoms with Crippen molar-refractivity contribution in [2.24, 2.45) is 5.10 Å². The Hall–Kier alpha value is -3.08. The van der Waals surface area contributed by atoms with E-state index in [0.29, 0.717) is 18.1 Å². The lowest BCUT2D eigenvalue weighted by molar-refractivity contribution is -0.137. The van der Waals surface area contributed by atoms with Gasteiger partial charge < -0.3 is 9.80 Å². The number of hydrogen-bond donors (Lipinski definition) is 2. The van der Waals surface area contributed by atoms with Crippen molar-refractivity contribution in [1.82, 2.24) is 26.0 Å². The second kappa shape index (κ2) is 11.4. The van der Waals surface area contributed by atoms with Crippen LogP contribution in [0.4, 0.5) is 23.4 Å².